The average molecular weight is 356 g/mol. The number of anilines is 3. The number of nitrogens with zero attached hydrogens (tertiary/aromatic N) is 2. The van der Waals surface area contributed by atoms with Crippen LogP contribution in [0.25, 0.3) is 0 Å². The molecule has 0 unspecified atom stereocenters. The van der Waals surface area contributed by atoms with Gasteiger partial charge in [0, 0.05) is 36.4 Å². The highest BCUT2D eigenvalue weighted by Crippen LogP contribution is 2.42. The summed E-state index contributed by atoms with van der Waals surface area (Å²) < 4.78 is 0. The maximum atomic E-state index is 13.2. The summed E-state index contributed by atoms with van der Waals surface area (Å²) in [5.41, 5.74) is 2.68. The Kier molecular flexibility index (Phi) is 4.29. The Bertz CT molecular complexity index is 826. The predicted octanol–water partition coefficient (Wildman–Crippen LogP) is 2.19. The van der Waals surface area contributed by atoms with E-state index in [0.717, 1.165) is 36.7 Å². The molecule has 1 fully saturated rings. The molecule has 0 bridgehead atoms. The number of fused-ring (bicyclic) bond motifs is 2. The predicted molar refractivity (Wildman–Crippen MR) is 99.9 cm³/mol. The second kappa shape index (κ2) is 6.59. The standard InChI is InChI=1S/C18H20N4O2S/c1-12-17-13(11-25-12)18(24)20-14-4-2-3-5-15(14)22(17)16(23)10-21-8-6-19-7-9-21/h2-5,11,19H,6-10H2,1H3,(H,20,24). The Hall–Kier alpha value is -2.22. The van der Waals surface area contributed by atoms with E-state index in [0.29, 0.717) is 23.5 Å². The maximum absolute atomic E-state index is 13.2. The van der Waals surface area contributed by atoms with Crippen LogP contribution in [0.1, 0.15) is 15.2 Å². The molecule has 130 valence electrons. The number of hydrogen-bond acceptors (Lipinski definition) is 5. The summed E-state index contributed by atoms with van der Waals surface area (Å²) >= 11 is 1.50. The highest BCUT2D eigenvalue weighted by molar-refractivity contribution is 7.11. The van der Waals surface area contributed by atoms with Gasteiger partial charge in [-0.2, -0.15) is 0 Å². The molecule has 6 nitrogen and oxygen atoms in total. The highest BCUT2D eigenvalue weighted by Gasteiger charge is 2.32. The summed E-state index contributed by atoms with van der Waals surface area (Å²) in [4.78, 5) is 30.7. The van der Waals surface area contributed by atoms with Crippen LogP contribution >= 0.6 is 11.3 Å². The lowest BCUT2D eigenvalue weighted by molar-refractivity contribution is -0.119. The smallest absolute Gasteiger partial charge is 0.258 e. The van der Waals surface area contributed by atoms with Crippen molar-refractivity contribution < 1.29 is 9.59 Å². The highest BCUT2D eigenvalue weighted by atomic mass is 32.1. The summed E-state index contributed by atoms with van der Waals surface area (Å²) in [6.07, 6.45) is 0. The van der Waals surface area contributed by atoms with Gasteiger partial charge in [0.1, 0.15) is 0 Å². The van der Waals surface area contributed by atoms with Crippen LogP contribution in [0, 0.1) is 6.92 Å². The topological polar surface area (TPSA) is 64.7 Å². The number of hydrogen-bond donors (Lipinski definition) is 2. The summed E-state index contributed by atoms with van der Waals surface area (Å²) in [5.74, 6) is -0.169. The van der Waals surface area contributed by atoms with Gasteiger partial charge in [0.05, 0.1) is 29.2 Å². The fraction of sp³-hybridized carbons (Fsp3) is 0.333. The van der Waals surface area contributed by atoms with Gasteiger partial charge < -0.3 is 10.6 Å². The lowest BCUT2D eigenvalue weighted by Gasteiger charge is -2.30. The number of amides is 2. The van der Waals surface area contributed by atoms with Gasteiger partial charge in [-0.1, -0.05) is 12.1 Å². The fourth-order valence-electron chi connectivity index (χ4n) is 3.36. The van der Waals surface area contributed by atoms with Crippen LogP contribution in [0.15, 0.2) is 29.6 Å². The number of benzene rings is 1. The third-order valence-electron chi connectivity index (χ3n) is 4.62. The van der Waals surface area contributed by atoms with Crippen LogP contribution in [-0.2, 0) is 4.79 Å². The first-order valence-electron chi connectivity index (χ1n) is 8.39. The number of aryl methyl sites for hydroxylation is 1. The normalized spacial score (nSPS) is 17.5. The van der Waals surface area contributed by atoms with Crippen molar-refractivity contribution in [2.75, 3.05) is 42.9 Å². The Morgan fingerprint density at radius 1 is 1.24 bits per heavy atom. The van der Waals surface area contributed by atoms with Crippen molar-refractivity contribution in [2.24, 2.45) is 0 Å². The largest absolute Gasteiger partial charge is 0.320 e. The molecular formula is C18H20N4O2S. The van der Waals surface area contributed by atoms with Crippen LogP contribution in [0.4, 0.5) is 17.1 Å². The van der Waals surface area contributed by atoms with E-state index in [1.54, 1.807) is 4.90 Å². The van der Waals surface area contributed by atoms with Gasteiger partial charge in [0.25, 0.3) is 5.91 Å². The number of thiophene rings is 1. The molecule has 1 aromatic carbocycles. The van der Waals surface area contributed by atoms with Crippen molar-refractivity contribution in [3.05, 3.63) is 40.1 Å². The zero-order valence-corrected chi connectivity index (χ0v) is 14.9. The van der Waals surface area contributed by atoms with Gasteiger partial charge in [-0.15, -0.1) is 11.3 Å². The van der Waals surface area contributed by atoms with Crippen molar-refractivity contribution in [3.8, 4) is 0 Å². The van der Waals surface area contributed by atoms with Crippen molar-refractivity contribution in [1.29, 1.82) is 0 Å². The van der Waals surface area contributed by atoms with E-state index < -0.39 is 0 Å². The summed E-state index contributed by atoms with van der Waals surface area (Å²) in [6.45, 7) is 5.80. The molecule has 0 radical (unpaired) electrons. The number of para-hydroxylation sites is 2. The molecule has 2 aromatic rings. The second-order valence-electron chi connectivity index (χ2n) is 6.28. The van der Waals surface area contributed by atoms with E-state index in [1.807, 2.05) is 36.6 Å². The monoisotopic (exact) mass is 356 g/mol. The number of carbonyl (C=O) groups excluding carboxylic acids is 2. The summed E-state index contributed by atoms with van der Waals surface area (Å²) in [7, 11) is 0. The van der Waals surface area contributed by atoms with Gasteiger partial charge >= 0.3 is 0 Å². The molecule has 7 heteroatoms. The van der Waals surface area contributed by atoms with Crippen molar-refractivity contribution in [1.82, 2.24) is 10.2 Å². The average Bonchev–Trinajstić information content (AvgIpc) is 2.93. The molecule has 3 heterocycles. The zero-order valence-electron chi connectivity index (χ0n) is 14.0. The minimum Gasteiger partial charge on any atom is -0.320 e. The number of carbonyl (C=O) groups is 2. The number of rotatable bonds is 2. The minimum atomic E-state index is -0.163. The van der Waals surface area contributed by atoms with E-state index in [1.165, 1.54) is 11.3 Å². The lowest BCUT2D eigenvalue weighted by Crippen LogP contribution is -2.47. The maximum Gasteiger partial charge on any atom is 0.258 e. The van der Waals surface area contributed by atoms with Gasteiger partial charge in [-0.05, 0) is 19.1 Å². The van der Waals surface area contributed by atoms with E-state index in [4.69, 9.17) is 0 Å². The van der Waals surface area contributed by atoms with E-state index >= 15 is 0 Å². The summed E-state index contributed by atoms with van der Waals surface area (Å²) in [5, 5.41) is 8.06. The molecule has 0 aliphatic carbocycles. The molecule has 25 heavy (non-hydrogen) atoms. The number of nitrogens with one attached hydrogen (secondary N) is 2. The first kappa shape index (κ1) is 16.3. The molecule has 0 atom stereocenters. The Balaban J connectivity index is 1.76. The fourth-order valence-corrected chi connectivity index (χ4v) is 4.19. The van der Waals surface area contributed by atoms with Gasteiger partial charge in [0.2, 0.25) is 5.91 Å². The third-order valence-corrected chi connectivity index (χ3v) is 5.52. The molecule has 1 saturated heterocycles. The van der Waals surface area contributed by atoms with E-state index in [-0.39, 0.29) is 11.8 Å². The molecule has 2 N–H and O–H groups in total. The quantitative estimate of drug-likeness (QED) is 0.866. The van der Waals surface area contributed by atoms with Crippen molar-refractivity contribution in [2.45, 2.75) is 6.92 Å². The molecular weight excluding hydrogens is 336 g/mol. The van der Waals surface area contributed by atoms with E-state index in [9.17, 15) is 9.59 Å². The molecule has 2 amide bonds. The van der Waals surface area contributed by atoms with Crippen LogP contribution < -0.4 is 15.5 Å². The summed E-state index contributed by atoms with van der Waals surface area (Å²) in [6, 6.07) is 7.48. The van der Waals surface area contributed by atoms with Crippen LogP contribution in [0.3, 0.4) is 0 Å². The SMILES string of the molecule is Cc1scc2c1N(C(=O)CN1CCNCC1)c1ccccc1NC2=O. The third kappa shape index (κ3) is 2.95. The first-order chi connectivity index (χ1) is 12.1. The first-order valence-corrected chi connectivity index (χ1v) is 9.27. The lowest BCUT2D eigenvalue weighted by atomic mass is 10.2. The molecule has 4 rings (SSSR count). The van der Waals surface area contributed by atoms with Crippen molar-refractivity contribution >= 4 is 40.2 Å². The Morgan fingerprint density at radius 3 is 2.80 bits per heavy atom. The van der Waals surface area contributed by atoms with Gasteiger partial charge in [-0.3, -0.25) is 19.4 Å². The Morgan fingerprint density at radius 2 is 2.00 bits per heavy atom. The molecule has 0 spiro atoms. The molecule has 1 aromatic heterocycles. The van der Waals surface area contributed by atoms with Crippen molar-refractivity contribution in [3.63, 3.8) is 0 Å². The number of piperazine rings is 1. The zero-order chi connectivity index (χ0) is 17.4. The van der Waals surface area contributed by atoms with Gasteiger partial charge in [-0.25, -0.2) is 0 Å². The Labute approximate surface area is 150 Å². The van der Waals surface area contributed by atoms with Gasteiger partial charge in [0.15, 0.2) is 0 Å². The second-order valence-corrected chi connectivity index (χ2v) is 7.36. The van der Waals surface area contributed by atoms with Crippen LogP contribution in [0.2, 0.25) is 0 Å². The molecule has 2 aliphatic heterocycles. The molecule has 2 aliphatic rings. The van der Waals surface area contributed by atoms with E-state index in [2.05, 4.69) is 15.5 Å². The minimum absolute atomic E-state index is 0.00593. The van der Waals surface area contributed by atoms with Crippen LogP contribution in [-0.4, -0.2) is 49.4 Å². The molecule has 0 saturated carbocycles. The van der Waals surface area contributed by atoms with Crippen LogP contribution in [0.5, 0.6) is 0 Å².